The summed E-state index contributed by atoms with van der Waals surface area (Å²) in [5.41, 5.74) is 1.19. The highest BCUT2D eigenvalue weighted by molar-refractivity contribution is 6.74. The molecule has 0 spiro atoms. The Hall–Kier alpha value is -0.683. The number of hydrogen-bond donors (Lipinski definition) is 1. The van der Waals surface area contributed by atoms with Crippen LogP contribution in [-0.2, 0) is 15.8 Å². The molecule has 1 rings (SSSR count). The number of aliphatic hydroxyl groups excluding tert-OH is 1. The van der Waals surface area contributed by atoms with Crippen molar-refractivity contribution in [2.75, 3.05) is 13.2 Å². The first-order valence-electron chi connectivity index (χ1n) is 8.16. The molecule has 22 heavy (non-hydrogen) atoms. The Morgan fingerprint density at radius 2 is 1.73 bits per heavy atom. The van der Waals surface area contributed by atoms with Gasteiger partial charge < -0.3 is 14.3 Å². The zero-order chi connectivity index (χ0) is 16.6. The predicted octanol–water partition coefficient (Wildman–Crippen LogP) is 4.37. The molecule has 0 unspecified atom stereocenters. The molecule has 0 aliphatic carbocycles. The van der Waals surface area contributed by atoms with E-state index in [1.54, 1.807) is 0 Å². The molecule has 0 aliphatic heterocycles. The minimum absolute atomic E-state index is 0.0849. The van der Waals surface area contributed by atoms with Crippen LogP contribution < -0.4 is 0 Å². The molecule has 0 saturated heterocycles. The van der Waals surface area contributed by atoms with Crippen LogP contribution in [0, 0.1) is 0 Å². The second-order valence-electron chi connectivity index (χ2n) is 7.34. The van der Waals surface area contributed by atoms with E-state index in [1.165, 1.54) is 5.56 Å². The Kier molecular flexibility index (Phi) is 7.76. The van der Waals surface area contributed by atoms with E-state index in [-0.39, 0.29) is 17.7 Å². The monoisotopic (exact) mass is 324 g/mol. The molecule has 4 heteroatoms. The fourth-order valence-electron chi connectivity index (χ4n) is 1.98. The number of rotatable bonds is 9. The molecule has 3 nitrogen and oxygen atoms in total. The molecule has 126 valence electrons. The van der Waals surface area contributed by atoms with Crippen LogP contribution in [0.4, 0.5) is 0 Å². The Labute approximate surface area is 136 Å². The predicted molar refractivity (Wildman–Crippen MR) is 94.5 cm³/mol. The van der Waals surface area contributed by atoms with Crippen molar-refractivity contribution in [3.05, 3.63) is 35.9 Å². The summed E-state index contributed by atoms with van der Waals surface area (Å²) in [5, 5.41) is 9.45. The zero-order valence-corrected chi connectivity index (χ0v) is 15.8. The average Bonchev–Trinajstić information content (AvgIpc) is 2.43. The minimum atomic E-state index is -1.80. The summed E-state index contributed by atoms with van der Waals surface area (Å²) in [6.07, 6.45) is 1.60. The van der Waals surface area contributed by atoms with Gasteiger partial charge in [-0.15, -0.1) is 0 Å². The van der Waals surface area contributed by atoms with E-state index in [4.69, 9.17) is 9.16 Å². The van der Waals surface area contributed by atoms with E-state index in [9.17, 15) is 5.11 Å². The third-order valence-corrected chi connectivity index (χ3v) is 8.95. The van der Waals surface area contributed by atoms with Gasteiger partial charge in [0.25, 0.3) is 0 Å². The zero-order valence-electron chi connectivity index (χ0n) is 14.8. The summed E-state index contributed by atoms with van der Waals surface area (Å²) in [6, 6.07) is 10.2. The van der Waals surface area contributed by atoms with Crippen molar-refractivity contribution in [3.63, 3.8) is 0 Å². The molecular weight excluding hydrogens is 292 g/mol. The lowest BCUT2D eigenvalue weighted by Crippen LogP contribution is -2.44. The van der Waals surface area contributed by atoms with Gasteiger partial charge in [0.2, 0.25) is 0 Å². The van der Waals surface area contributed by atoms with E-state index in [2.05, 4.69) is 46.0 Å². The molecule has 1 aromatic carbocycles. The van der Waals surface area contributed by atoms with Crippen molar-refractivity contribution in [3.8, 4) is 0 Å². The molecule has 0 fully saturated rings. The number of hydrogen-bond acceptors (Lipinski definition) is 3. The van der Waals surface area contributed by atoms with Gasteiger partial charge in [-0.1, -0.05) is 51.1 Å². The third kappa shape index (κ3) is 6.61. The van der Waals surface area contributed by atoms with Gasteiger partial charge in [0.15, 0.2) is 8.32 Å². The van der Waals surface area contributed by atoms with Crippen LogP contribution in [0.3, 0.4) is 0 Å². The minimum Gasteiger partial charge on any atom is -0.414 e. The molecule has 0 heterocycles. The third-order valence-electron chi connectivity index (χ3n) is 4.41. The second-order valence-corrected chi connectivity index (χ2v) is 12.1. The molecule has 0 radical (unpaired) electrons. The SMILES string of the molecule is CC(C)(C)[Si](C)(C)O[C@@H](CCO)CCOCc1ccccc1. The quantitative estimate of drug-likeness (QED) is 0.541. The number of benzene rings is 1. The van der Waals surface area contributed by atoms with Gasteiger partial charge in [0, 0.05) is 19.3 Å². The molecule has 0 saturated carbocycles. The van der Waals surface area contributed by atoms with Crippen LogP contribution in [0.15, 0.2) is 30.3 Å². The van der Waals surface area contributed by atoms with Crippen LogP contribution in [0.1, 0.15) is 39.2 Å². The fourth-order valence-corrected chi connectivity index (χ4v) is 3.40. The van der Waals surface area contributed by atoms with E-state index < -0.39 is 8.32 Å². The maximum absolute atomic E-state index is 9.27. The topological polar surface area (TPSA) is 38.7 Å². The van der Waals surface area contributed by atoms with Gasteiger partial charge in [0.1, 0.15) is 0 Å². The van der Waals surface area contributed by atoms with Gasteiger partial charge in [0.05, 0.1) is 6.61 Å². The molecule has 1 aromatic rings. The summed E-state index contributed by atoms with van der Waals surface area (Å²) in [7, 11) is -1.80. The summed E-state index contributed by atoms with van der Waals surface area (Å²) < 4.78 is 12.1. The Morgan fingerprint density at radius 3 is 2.27 bits per heavy atom. The summed E-state index contributed by atoms with van der Waals surface area (Å²) >= 11 is 0. The van der Waals surface area contributed by atoms with Crippen molar-refractivity contribution in [2.45, 2.75) is 64.5 Å². The highest BCUT2D eigenvalue weighted by Gasteiger charge is 2.38. The van der Waals surface area contributed by atoms with Crippen LogP contribution in [-0.4, -0.2) is 32.7 Å². The van der Waals surface area contributed by atoms with Crippen LogP contribution in [0.2, 0.25) is 18.1 Å². The maximum atomic E-state index is 9.27. The van der Waals surface area contributed by atoms with E-state index in [1.807, 2.05) is 18.2 Å². The smallest absolute Gasteiger partial charge is 0.192 e. The molecule has 0 aliphatic rings. The van der Waals surface area contributed by atoms with Crippen molar-refractivity contribution in [2.24, 2.45) is 0 Å². The van der Waals surface area contributed by atoms with Crippen molar-refractivity contribution >= 4 is 8.32 Å². The van der Waals surface area contributed by atoms with E-state index >= 15 is 0 Å². The second kappa shape index (κ2) is 8.82. The van der Waals surface area contributed by atoms with Crippen LogP contribution in [0.25, 0.3) is 0 Å². The lowest BCUT2D eigenvalue weighted by Gasteiger charge is -2.39. The Bertz CT molecular complexity index is 412. The molecule has 0 bridgehead atoms. The van der Waals surface area contributed by atoms with Gasteiger partial charge in [-0.25, -0.2) is 0 Å². The first-order chi connectivity index (χ1) is 10.3. The molecule has 1 atom stereocenters. The maximum Gasteiger partial charge on any atom is 0.192 e. The summed E-state index contributed by atoms with van der Waals surface area (Å²) in [6.45, 7) is 12.7. The fraction of sp³-hybridized carbons (Fsp3) is 0.667. The Balaban J connectivity index is 2.41. The standard InChI is InChI=1S/C18H32O3Si/c1-18(2,3)22(4,5)21-17(11-13-19)12-14-20-15-16-9-7-6-8-10-16/h6-10,17,19H,11-15H2,1-5H3/t17-/m0/s1. The molecular formula is C18H32O3Si. The lowest BCUT2D eigenvalue weighted by molar-refractivity contribution is 0.0664. The van der Waals surface area contributed by atoms with Crippen molar-refractivity contribution < 1.29 is 14.3 Å². The van der Waals surface area contributed by atoms with Gasteiger partial charge >= 0.3 is 0 Å². The highest BCUT2D eigenvalue weighted by Crippen LogP contribution is 2.37. The van der Waals surface area contributed by atoms with Crippen molar-refractivity contribution in [1.82, 2.24) is 0 Å². The summed E-state index contributed by atoms with van der Waals surface area (Å²) in [4.78, 5) is 0. The molecule has 1 N–H and O–H groups in total. The Morgan fingerprint density at radius 1 is 1.09 bits per heavy atom. The molecule has 0 aromatic heterocycles. The van der Waals surface area contributed by atoms with E-state index in [0.717, 1.165) is 6.42 Å². The summed E-state index contributed by atoms with van der Waals surface area (Å²) in [5.74, 6) is 0. The largest absolute Gasteiger partial charge is 0.414 e. The first-order valence-corrected chi connectivity index (χ1v) is 11.1. The lowest BCUT2D eigenvalue weighted by atomic mass is 10.2. The first kappa shape index (κ1) is 19.4. The molecule has 0 amide bonds. The highest BCUT2D eigenvalue weighted by atomic mass is 28.4. The van der Waals surface area contributed by atoms with Gasteiger partial charge in [-0.2, -0.15) is 0 Å². The van der Waals surface area contributed by atoms with Crippen LogP contribution >= 0.6 is 0 Å². The normalized spacial score (nSPS) is 14.1. The van der Waals surface area contributed by atoms with Crippen LogP contribution in [0.5, 0.6) is 0 Å². The number of ether oxygens (including phenoxy) is 1. The van der Waals surface area contributed by atoms with Gasteiger partial charge in [-0.3, -0.25) is 0 Å². The average molecular weight is 325 g/mol. The number of aliphatic hydroxyl groups is 1. The van der Waals surface area contributed by atoms with E-state index in [0.29, 0.717) is 19.6 Å². The van der Waals surface area contributed by atoms with Crippen molar-refractivity contribution in [1.29, 1.82) is 0 Å². The van der Waals surface area contributed by atoms with Gasteiger partial charge in [-0.05, 0) is 36.5 Å².